The van der Waals surface area contributed by atoms with Gasteiger partial charge < -0.3 is 15.2 Å². The monoisotopic (exact) mass is 312 g/mol. The minimum atomic E-state index is -0.0906. The fourth-order valence-electron chi connectivity index (χ4n) is 2.86. The first kappa shape index (κ1) is 15.6. The van der Waals surface area contributed by atoms with Crippen LogP contribution in [0.3, 0.4) is 0 Å². The van der Waals surface area contributed by atoms with Gasteiger partial charge in [0.1, 0.15) is 11.5 Å². The molecule has 2 aromatic heterocycles. The number of nitrogens with one attached hydrogen (secondary N) is 2. The van der Waals surface area contributed by atoms with Crippen LogP contribution in [0.4, 0.5) is 5.82 Å². The number of pyridine rings is 1. The van der Waals surface area contributed by atoms with E-state index in [1.807, 2.05) is 31.5 Å². The number of rotatable bonds is 4. The van der Waals surface area contributed by atoms with Crippen molar-refractivity contribution in [2.75, 3.05) is 18.0 Å². The third-order valence-corrected chi connectivity index (χ3v) is 4.44. The van der Waals surface area contributed by atoms with Crippen molar-refractivity contribution in [3.63, 3.8) is 0 Å². The van der Waals surface area contributed by atoms with E-state index in [0.29, 0.717) is 12.2 Å². The molecule has 3 heterocycles. The van der Waals surface area contributed by atoms with Gasteiger partial charge in [0.15, 0.2) is 0 Å². The number of aromatic nitrogens is 2. The zero-order chi connectivity index (χ0) is 16.2. The molecule has 0 bridgehead atoms. The Labute approximate surface area is 137 Å². The van der Waals surface area contributed by atoms with Gasteiger partial charge in [0.05, 0.1) is 0 Å². The van der Waals surface area contributed by atoms with Gasteiger partial charge in [0.25, 0.3) is 5.91 Å². The van der Waals surface area contributed by atoms with Crippen molar-refractivity contribution in [3.05, 3.63) is 47.4 Å². The largest absolute Gasteiger partial charge is 0.357 e. The smallest absolute Gasteiger partial charge is 0.267 e. The average molecular weight is 312 g/mol. The summed E-state index contributed by atoms with van der Waals surface area (Å²) in [5, 5.41) is 2.91. The lowest BCUT2D eigenvalue weighted by atomic mass is 9.99. The minimum absolute atomic E-state index is 0.0906. The second-order valence-electron chi connectivity index (χ2n) is 6.47. The Morgan fingerprint density at radius 3 is 2.78 bits per heavy atom. The van der Waals surface area contributed by atoms with Crippen LogP contribution in [-0.2, 0) is 6.54 Å². The summed E-state index contributed by atoms with van der Waals surface area (Å²) >= 11 is 0. The van der Waals surface area contributed by atoms with Gasteiger partial charge in [-0.15, -0.1) is 0 Å². The van der Waals surface area contributed by atoms with Gasteiger partial charge in [-0.25, -0.2) is 4.98 Å². The molecule has 0 spiro atoms. The van der Waals surface area contributed by atoms with Gasteiger partial charge in [-0.1, -0.05) is 13.0 Å². The second-order valence-corrected chi connectivity index (χ2v) is 6.47. The maximum absolute atomic E-state index is 12.0. The third-order valence-electron chi connectivity index (χ3n) is 4.44. The van der Waals surface area contributed by atoms with Crippen LogP contribution >= 0.6 is 0 Å². The number of anilines is 1. The van der Waals surface area contributed by atoms with E-state index >= 15 is 0 Å². The molecular formula is C18H24N4O. The second kappa shape index (κ2) is 6.86. The summed E-state index contributed by atoms with van der Waals surface area (Å²) in [6, 6.07) is 5.94. The maximum Gasteiger partial charge on any atom is 0.267 e. The molecule has 0 aliphatic carbocycles. The Morgan fingerprint density at radius 1 is 1.39 bits per heavy atom. The van der Waals surface area contributed by atoms with Crippen LogP contribution in [0, 0.1) is 12.8 Å². The van der Waals surface area contributed by atoms with Crippen molar-refractivity contribution >= 4 is 11.7 Å². The number of piperidine rings is 1. The Balaban J connectivity index is 1.54. The molecule has 1 fully saturated rings. The van der Waals surface area contributed by atoms with Gasteiger partial charge in [-0.3, -0.25) is 4.79 Å². The van der Waals surface area contributed by atoms with Gasteiger partial charge in [0, 0.05) is 32.0 Å². The Morgan fingerprint density at radius 2 is 2.17 bits per heavy atom. The number of nitrogens with zero attached hydrogens (tertiary/aromatic N) is 2. The number of aromatic amines is 1. The highest BCUT2D eigenvalue weighted by Gasteiger charge is 2.16. The summed E-state index contributed by atoms with van der Waals surface area (Å²) < 4.78 is 0. The number of carbonyl (C=O) groups is 1. The maximum atomic E-state index is 12.0. The van der Waals surface area contributed by atoms with Crippen LogP contribution in [-0.4, -0.2) is 29.0 Å². The van der Waals surface area contributed by atoms with E-state index < -0.39 is 0 Å². The molecule has 23 heavy (non-hydrogen) atoms. The lowest BCUT2D eigenvalue weighted by Gasteiger charge is -2.31. The van der Waals surface area contributed by atoms with Crippen LogP contribution in [0.5, 0.6) is 0 Å². The van der Waals surface area contributed by atoms with Gasteiger partial charge in [0.2, 0.25) is 0 Å². The highest BCUT2D eigenvalue weighted by molar-refractivity contribution is 5.92. The first-order chi connectivity index (χ1) is 11.1. The highest BCUT2D eigenvalue weighted by Crippen LogP contribution is 2.21. The number of carbonyl (C=O) groups excluding carboxylic acids is 1. The van der Waals surface area contributed by atoms with Crippen LogP contribution in [0.1, 0.15) is 41.4 Å². The summed E-state index contributed by atoms with van der Waals surface area (Å²) in [6.45, 7) is 6.91. The highest BCUT2D eigenvalue weighted by atomic mass is 16.1. The Bertz CT molecular complexity index is 654. The summed E-state index contributed by atoms with van der Waals surface area (Å²) in [7, 11) is 0. The molecule has 122 valence electrons. The Kier molecular flexibility index (Phi) is 4.65. The summed E-state index contributed by atoms with van der Waals surface area (Å²) in [5.74, 6) is 1.76. The van der Waals surface area contributed by atoms with E-state index in [-0.39, 0.29) is 5.91 Å². The van der Waals surface area contributed by atoms with Crippen molar-refractivity contribution in [2.45, 2.75) is 33.2 Å². The van der Waals surface area contributed by atoms with Crippen molar-refractivity contribution in [1.29, 1.82) is 0 Å². The molecule has 1 aliphatic rings. The van der Waals surface area contributed by atoms with E-state index in [2.05, 4.69) is 33.2 Å². The third kappa shape index (κ3) is 3.92. The van der Waals surface area contributed by atoms with Crippen molar-refractivity contribution in [2.24, 2.45) is 5.92 Å². The van der Waals surface area contributed by atoms with Gasteiger partial charge in [-0.05, 0) is 48.9 Å². The number of amides is 1. The van der Waals surface area contributed by atoms with E-state index in [1.54, 1.807) is 0 Å². The van der Waals surface area contributed by atoms with E-state index in [4.69, 9.17) is 0 Å². The molecule has 3 rings (SSSR count). The molecule has 0 atom stereocenters. The van der Waals surface area contributed by atoms with E-state index in [0.717, 1.165) is 36.0 Å². The predicted octanol–water partition coefficient (Wildman–Crippen LogP) is 2.88. The summed E-state index contributed by atoms with van der Waals surface area (Å²) in [4.78, 5) is 21.9. The van der Waals surface area contributed by atoms with Crippen molar-refractivity contribution in [3.8, 4) is 0 Å². The molecule has 1 amide bonds. The van der Waals surface area contributed by atoms with Crippen molar-refractivity contribution in [1.82, 2.24) is 15.3 Å². The Hall–Kier alpha value is -2.30. The molecule has 0 aromatic carbocycles. The quantitative estimate of drug-likeness (QED) is 0.912. The van der Waals surface area contributed by atoms with Gasteiger partial charge in [-0.2, -0.15) is 0 Å². The topological polar surface area (TPSA) is 61.0 Å². The lowest BCUT2D eigenvalue weighted by Crippen LogP contribution is -2.33. The number of aryl methyl sites for hydroxylation is 1. The standard InChI is InChI=1S/C18H24N4O/c1-13-5-7-22(8-6-13)17-4-3-15(11-20-17)12-21-18(23)16-9-14(2)10-19-16/h3-4,9-11,13,19H,5-8,12H2,1-2H3,(H,21,23). The molecular weight excluding hydrogens is 288 g/mol. The molecule has 0 saturated carbocycles. The molecule has 1 aliphatic heterocycles. The zero-order valence-corrected chi connectivity index (χ0v) is 13.8. The predicted molar refractivity (Wildman–Crippen MR) is 91.5 cm³/mol. The molecule has 0 unspecified atom stereocenters. The van der Waals surface area contributed by atoms with Crippen molar-refractivity contribution < 1.29 is 4.79 Å². The fourth-order valence-corrected chi connectivity index (χ4v) is 2.86. The minimum Gasteiger partial charge on any atom is -0.357 e. The first-order valence-electron chi connectivity index (χ1n) is 8.25. The van der Waals surface area contributed by atoms with E-state index in [9.17, 15) is 4.79 Å². The molecule has 2 N–H and O–H groups in total. The molecule has 2 aromatic rings. The van der Waals surface area contributed by atoms with E-state index in [1.165, 1.54) is 12.8 Å². The zero-order valence-electron chi connectivity index (χ0n) is 13.8. The number of hydrogen-bond acceptors (Lipinski definition) is 3. The SMILES string of the molecule is Cc1c[nH]c(C(=O)NCc2ccc(N3CCC(C)CC3)nc2)c1. The summed E-state index contributed by atoms with van der Waals surface area (Å²) in [6.07, 6.45) is 6.14. The fraction of sp³-hybridized carbons (Fsp3) is 0.444. The molecule has 5 nitrogen and oxygen atoms in total. The lowest BCUT2D eigenvalue weighted by molar-refractivity contribution is 0.0946. The van der Waals surface area contributed by atoms with Crippen LogP contribution in [0.25, 0.3) is 0 Å². The molecule has 1 saturated heterocycles. The van der Waals surface area contributed by atoms with Crippen LogP contribution < -0.4 is 10.2 Å². The average Bonchev–Trinajstić information content (AvgIpc) is 3.00. The molecule has 0 radical (unpaired) electrons. The number of hydrogen-bond donors (Lipinski definition) is 2. The summed E-state index contributed by atoms with van der Waals surface area (Å²) in [5.41, 5.74) is 2.65. The van der Waals surface area contributed by atoms with Gasteiger partial charge >= 0.3 is 0 Å². The number of H-pyrrole nitrogens is 1. The van der Waals surface area contributed by atoms with Crippen LogP contribution in [0.2, 0.25) is 0 Å². The molecule has 5 heteroatoms. The first-order valence-corrected chi connectivity index (χ1v) is 8.25. The van der Waals surface area contributed by atoms with Crippen LogP contribution in [0.15, 0.2) is 30.6 Å². The normalized spacial score (nSPS) is 15.7.